The molecule has 0 saturated heterocycles. The van der Waals surface area contributed by atoms with Crippen LogP contribution < -0.4 is 10.1 Å². The number of esters is 2. The minimum Gasteiger partial charge on any atom is -0.493 e. The molecule has 184 valence electrons. The van der Waals surface area contributed by atoms with Crippen molar-refractivity contribution < 1.29 is 28.2 Å². The topological polar surface area (TPSA) is 87.0 Å². The second-order valence-corrected chi connectivity index (χ2v) is 9.79. The van der Waals surface area contributed by atoms with Gasteiger partial charge < -0.3 is 23.9 Å². The minimum atomic E-state index is -0.487. The molecule has 33 heavy (non-hydrogen) atoms. The number of furan rings is 1. The van der Waals surface area contributed by atoms with Crippen LogP contribution in [0, 0.1) is 0 Å². The van der Waals surface area contributed by atoms with Gasteiger partial charge in [0.05, 0.1) is 25.0 Å². The fourth-order valence-corrected chi connectivity index (χ4v) is 3.63. The molecule has 0 fully saturated rings. The lowest BCUT2D eigenvalue weighted by atomic mass is 10.0. The van der Waals surface area contributed by atoms with E-state index in [2.05, 4.69) is 12.2 Å². The summed E-state index contributed by atoms with van der Waals surface area (Å²) in [5.74, 6) is 0.293. The summed E-state index contributed by atoms with van der Waals surface area (Å²) in [5.41, 5.74) is 0.586. The molecule has 0 atom stereocenters. The predicted molar refractivity (Wildman–Crippen MR) is 129 cm³/mol. The van der Waals surface area contributed by atoms with Gasteiger partial charge in [0.2, 0.25) is 5.76 Å². The summed E-state index contributed by atoms with van der Waals surface area (Å²) in [4.78, 5) is 24.5. The van der Waals surface area contributed by atoms with Crippen LogP contribution in [-0.2, 0) is 20.7 Å². The SMILES string of the molecule is CCCc1c(C(=O)OCC)oc2cccc(OCCCNC(C)(C)CC(=O)OC(C)(C)C)c12. The summed E-state index contributed by atoms with van der Waals surface area (Å²) in [6.07, 6.45) is 2.60. The number of benzene rings is 1. The molecular formula is C26H39NO6. The Balaban J connectivity index is 1.98. The third kappa shape index (κ3) is 8.07. The van der Waals surface area contributed by atoms with Gasteiger partial charge in [-0.25, -0.2) is 4.79 Å². The van der Waals surface area contributed by atoms with Crippen molar-refractivity contribution in [2.24, 2.45) is 0 Å². The quantitative estimate of drug-likeness (QED) is 0.333. The molecule has 7 heteroatoms. The van der Waals surface area contributed by atoms with Crippen molar-refractivity contribution in [2.45, 2.75) is 85.3 Å². The van der Waals surface area contributed by atoms with Crippen LogP contribution in [-0.4, -0.2) is 42.8 Å². The number of carbonyl (C=O) groups excluding carboxylic acids is 2. The van der Waals surface area contributed by atoms with E-state index in [0.29, 0.717) is 37.5 Å². The normalized spacial score (nSPS) is 12.1. The third-order valence-corrected chi connectivity index (χ3v) is 4.93. The Bertz CT molecular complexity index is 938. The Morgan fingerprint density at radius 2 is 1.82 bits per heavy atom. The Morgan fingerprint density at radius 1 is 1.09 bits per heavy atom. The maximum atomic E-state index is 12.4. The van der Waals surface area contributed by atoms with Gasteiger partial charge in [-0.1, -0.05) is 19.4 Å². The molecule has 0 radical (unpaired) electrons. The number of carbonyl (C=O) groups is 2. The maximum Gasteiger partial charge on any atom is 0.374 e. The van der Waals surface area contributed by atoms with Gasteiger partial charge >= 0.3 is 11.9 Å². The number of rotatable bonds is 12. The van der Waals surface area contributed by atoms with Gasteiger partial charge in [0.1, 0.15) is 16.9 Å². The fraction of sp³-hybridized carbons (Fsp3) is 0.615. The standard InChI is InChI=1S/C26H39NO6/c1-8-12-18-22-19(13-10-14-20(22)32-23(18)24(29)30-9-2)31-16-11-15-27-26(6,7)17-21(28)33-25(3,4)5/h10,13-14,27H,8-9,11-12,15-17H2,1-7H3. The summed E-state index contributed by atoms with van der Waals surface area (Å²) in [6, 6.07) is 5.59. The molecule has 1 heterocycles. The van der Waals surface area contributed by atoms with E-state index in [1.54, 1.807) is 6.92 Å². The molecule has 0 saturated carbocycles. The van der Waals surface area contributed by atoms with Gasteiger partial charge in [0, 0.05) is 11.1 Å². The average Bonchev–Trinajstić information content (AvgIpc) is 3.05. The Morgan fingerprint density at radius 3 is 2.45 bits per heavy atom. The first-order valence-electron chi connectivity index (χ1n) is 11.8. The second kappa shape index (κ2) is 11.5. The molecule has 0 amide bonds. The highest BCUT2D eigenvalue weighted by atomic mass is 16.6. The van der Waals surface area contributed by atoms with E-state index in [4.69, 9.17) is 18.6 Å². The number of ether oxygens (including phenoxy) is 3. The van der Waals surface area contributed by atoms with Gasteiger partial charge in [-0.3, -0.25) is 4.79 Å². The molecule has 7 nitrogen and oxygen atoms in total. The first-order valence-corrected chi connectivity index (χ1v) is 11.8. The molecular weight excluding hydrogens is 422 g/mol. The highest BCUT2D eigenvalue weighted by molar-refractivity contribution is 5.98. The zero-order chi connectivity index (χ0) is 24.6. The van der Waals surface area contributed by atoms with Crippen LogP contribution in [0.3, 0.4) is 0 Å². The molecule has 1 N–H and O–H groups in total. The lowest BCUT2D eigenvalue weighted by Crippen LogP contribution is -2.43. The fourth-order valence-electron chi connectivity index (χ4n) is 3.63. The smallest absolute Gasteiger partial charge is 0.374 e. The van der Waals surface area contributed by atoms with E-state index in [9.17, 15) is 9.59 Å². The second-order valence-electron chi connectivity index (χ2n) is 9.79. The van der Waals surface area contributed by atoms with Crippen LogP contribution >= 0.6 is 0 Å². The van der Waals surface area contributed by atoms with Gasteiger partial charge in [0.15, 0.2) is 0 Å². The lowest BCUT2D eigenvalue weighted by Gasteiger charge is -2.28. The first-order chi connectivity index (χ1) is 15.5. The molecule has 1 aromatic heterocycles. The van der Waals surface area contributed by atoms with Gasteiger partial charge in [-0.2, -0.15) is 0 Å². The van der Waals surface area contributed by atoms with Crippen LogP contribution in [0.2, 0.25) is 0 Å². The van der Waals surface area contributed by atoms with Crippen LogP contribution in [0.4, 0.5) is 0 Å². The van der Waals surface area contributed by atoms with Crippen molar-refractivity contribution >= 4 is 22.9 Å². The molecule has 0 aliphatic carbocycles. The van der Waals surface area contributed by atoms with Gasteiger partial charge in [-0.15, -0.1) is 0 Å². The number of hydrogen-bond acceptors (Lipinski definition) is 7. The molecule has 2 rings (SSSR count). The molecule has 0 spiro atoms. The molecule has 0 aliphatic rings. The summed E-state index contributed by atoms with van der Waals surface area (Å²) in [5, 5.41) is 4.24. The van der Waals surface area contributed by atoms with Crippen molar-refractivity contribution in [2.75, 3.05) is 19.8 Å². The molecule has 0 aliphatic heterocycles. The van der Waals surface area contributed by atoms with Crippen molar-refractivity contribution in [3.8, 4) is 5.75 Å². The summed E-state index contributed by atoms with van der Waals surface area (Å²) in [6.45, 7) is 14.9. The van der Waals surface area contributed by atoms with Gasteiger partial charge in [0.25, 0.3) is 0 Å². The zero-order valence-electron chi connectivity index (χ0n) is 21.1. The van der Waals surface area contributed by atoms with Crippen LogP contribution in [0.1, 0.15) is 83.8 Å². The number of nitrogens with one attached hydrogen (secondary N) is 1. The molecule has 2 aromatic rings. The van der Waals surface area contributed by atoms with Crippen molar-refractivity contribution in [3.63, 3.8) is 0 Å². The van der Waals surface area contributed by atoms with Crippen molar-refractivity contribution in [3.05, 3.63) is 29.5 Å². The van der Waals surface area contributed by atoms with E-state index in [1.807, 2.05) is 52.8 Å². The maximum absolute atomic E-state index is 12.4. The van der Waals surface area contributed by atoms with Gasteiger partial charge in [-0.05, 0) is 73.1 Å². The third-order valence-electron chi connectivity index (χ3n) is 4.93. The van der Waals surface area contributed by atoms with E-state index in [1.165, 1.54) is 0 Å². The monoisotopic (exact) mass is 461 g/mol. The first kappa shape index (κ1) is 26.7. The summed E-state index contributed by atoms with van der Waals surface area (Å²) in [7, 11) is 0. The largest absolute Gasteiger partial charge is 0.493 e. The Labute approximate surface area is 197 Å². The minimum absolute atomic E-state index is 0.219. The molecule has 0 unspecified atom stereocenters. The summed E-state index contributed by atoms with van der Waals surface area (Å²) < 4.78 is 22.5. The number of fused-ring (bicyclic) bond motifs is 1. The number of aryl methyl sites for hydroxylation is 1. The zero-order valence-corrected chi connectivity index (χ0v) is 21.1. The highest BCUT2D eigenvalue weighted by Gasteiger charge is 2.26. The van der Waals surface area contributed by atoms with Crippen molar-refractivity contribution in [1.29, 1.82) is 0 Å². The predicted octanol–water partition coefficient (Wildman–Crippen LogP) is 5.43. The molecule has 0 bridgehead atoms. The Kier molecular flexibility index (Phi) is 9.35. The van der Waals surface area contributed by atoms with E-state index >= 15 is 0 Å². The summed E-state index contributed by atoms with van der Waals surface area (Å²) >= 11 is 0. The average molecular weight is 462 g/mol. The lowest BCUT2D eigenvalue weighted by molar-refractivity contribution is -0.156. The Hall–Kier alpha value is -2.54. The van der Waals surface area contributed by atoms with E-state index in [-0.39, 0.29) is 23.7 Å². The van der Waals surface area contributed by atoms with Crippen molar-refractivity contribution in [1.82, 2.24) is 5.32 Å². The number of hydrogen-bond donors (Lipinski definition) is 1. The molecule has 1 aromatic carbocycles. The van der Waals surface area contributed by atoms with Crippen LogP contribution in [0.15, 0.2) is 22.6 Å². The van der Waals surface area contributed by atoms with Crippen LogP contribution in [0.5, 0.6) is 5.75 Å². The van der Waals surface area contributed by atoms with E-state index < -0.39 is 11.6 Å². The van der Waals surface area contributed by atoms with Crippen LogP contribution in [0.25, 0.3) is 11.0 Å². The van der Waals surface area contributed by atoms with E-state index in [0.717, 1.165) is 23.8 Å². The highest BCUT2D eigenvalue weighted by Crippen LogP contribution is 2.35.